The van der Waals surface area contributed by atoms with Crippen molar-refractivity contribution in [3.8, 4) is 11.1 Å². The predicted molar refractivity (Wildman–Crippen MR) is 95.0 cm³/mol. The van der Waals surface area contributed by atoms with E-state index in [4.69, 9.17) is 10.5 Å². The minimum absolute atomic E-state index is 0.338. The zero-order valence-electron chi connectivity index (χ0n) is 13.9. The van der Waals surface area contributed by atoms with Crippen LogP contribution in [0.3, 0.4) is 0 Å². The fraction of sp³-hybridized carbons (Fsp3) is 0.421. The molecule has 0 radical (unpaired) electrons. The molecular formula is C19H23N3O2. The molecule has 1 fully saturated rings. The number of hydrogen-bond donors (Lipinski definition) is 2. The number of nitrogens with zero attached hydrogens (tertiary/aromatic N) is 2. The number of aromatic nitrogens is 1. The second-order valence-electron chi connectivity index (χ2n) is 6.67. The number of pyridine rings is 1. The first-order valence-electron chi connectivity index (χ1n) is 8.52. The number of nitrogen functional groups attached to an aromatic ring is 1. The number of aryl methyl sites for hydroxylation is 1. The average Bonchev–Trinajstić information content (AvgIpc) is 2.82. The smallest absolute Gasteiger partial charge is 0.0829 e. The SMILES string of the molecule is Cc1ncc(N)cc1-c1ccc2c(c1)N1CCOCCC1CC2O. The van der Waals surface area contributed by atoms with E-state index in [-0.39, 0.29) is 0 Å². The standard InChI is InChI=1S/C19H23N3O2/c1-12-17(9-14(20)11-21-12)13-2-3-16-18(8-13)22-5-7-24-6-4-15(22)10-19(16)23/h2-3,8-9,11,15,19,23H,4-7,10,20H2,1H3. The Kier molecular flexibility index (Phi) is 3.90. The molecule has 1 aromatic carbocycles. The molecule has 1 saturated heterocycles. The summed E-state index contributed by atoms with van der Waals surface area (Å²) in [7, 11) is 0. The molecule has 3 heterocycles. The third-order valence-corrected chi connectivity index (χ3v) is 5.13. The zero-order chi connectivity index (χ0) is 16.7. The van der Waals surface area contributed by atoms with Crippen LogP contribution in [0.15, 0.2) is 30.5 Å². The number of rotatable bonds is 1. The Balaban J connectivity index is 1.81. The summed E-state index contributed by atoms with van der Waals surface area (Å²) in [6.45, 7) is 4.35. The van der Waals surface area contributed by atoms with Gasteiger partial charge in [0, 0.05) is 41.7 Å². The summed E-state index contributed by atoms with van der Waals surface area (Å²) in [6.07, 6.45) is 3.01. The van der Waals surface area contributed by atoms with Crippen LogP contribution in [0, 0.1) is 6.92 Å². The zero-order valence-corrected chi connectivity index (χ0v) is 13.9. The third kappa shape index (κ3) is 2.64. The second kappa shape index (κ2) is 6.07. The van der Waals surface area contributed by atoms with E-state index in [1.165, 1.54) is 0 Å². The number of fused-ring (bicyclic) bond motifs is 3. The van der Waals surface area contributed by atoms with Gasteiger partial charge >= 0.3 is 0 Å². The topological polar surface area (TPSA) is 71.6 Å². The van der Waals surface area contributed by atoms with Gasteiger partial charge in [-0.1, -0.05) is 12.1 Å². The summed E-state index contributed by atoms with van der Waals surface area (Å²) < 4.78 is 5.64. The Morgan fingerprint density at radius 1 is 1.29 bits per heavy atom. The van der Waals surface area contributed by atoms with Gasteiger partial charge in [-0.3, -0.25) is 4.98 Å². The van der Waals surface area contributed by atoms with Crippen molar-refractivity contribution in [3.63, 3.8) is 0 Å². The molecule has 0 bridgehead atoms. The molecule has 0 spiro atoms. The van der Waals surface area contributed by atoms with Crippen LogP contribution in [-0.4, -0.2) is 35.9 Å². The van der Waals surface area contributed by atoms with E-state index in [1.807, 2.05) is 19.1 Å². The second-order valence-corrected chi connectivity index (χ2v) is 6.67. The largest absolute Gasteiger partial charge is 0.397 e. The Bertz CT molecular complexity index is 762. The lowest BCUT2D eigenvalue weighted by Gasteiger charge is -2.39. The Labute approximate surface area is 142 Å². The van der Waals surface area contributed by atoms with E-state index in [9.17, 15) is 5.11 Å². The number of ether oxygens (including phenoxy) is 1. The van der Waals surface area contributed by atoms with Gasteiger partial charge in [-0.25, -0.2) is 0 Å². The fourth-order valence-corrected chi connectivity index (χ4v) is 3.85. The molecule has 126 valence electrons. The van der Waals surface area contributed by atoms with Gasteiger partial charge in [0.05, 0.1) is 24.6 Å². The lowest BCUT2D eigenvalue weighted by atomic mass is 9.89. The molecule has 2 atom stereocenters. The van der Waals surface area contributed by atoms with Crippen molar-refractivity contribution in [2.75, 3.05) is 30.4 Å². The van der Waals surface area contributed by atoms with Crippen LogP contribution >= 0.6 is 0 Å². The van der Waals surface area contributed by atoms with E-state index in [1.54, 1.807) is 6.20 Å². The van der Waals surface area contributed by atoms with Crippen molar-refractivity contribution in [2.45, 2.75) is 31.9 Å². The minimum Gasteiger partial charge on any atom is -0.397 e. The maximum absolute atomic E-state index is 10.6. The quantitative estimate of drug-likeness (QED) is 0.843. The van der Waals surface area contributed by atoms with Crippen LogP contribution < -0.4 is 10.6 Å². The van der Waals surface area contributed by atoms with Crippen LogP contribution in [0.25, 0.3) is 11.1 Å². The molecule has 3 N–H and O–H groups in total. The van der Waals surface area contributed by atoms with Crippen molar-refractivity contribution in [1.82, 2.24) is 4.98 Å². The van der Waals surface area contributed by atoms with Gasteiger partial charge in [-0.15, -0.1) is 0 Å². The molecule has 2 unspecified atom stereocenters. The first-order chi connectivity index (χ1) is 11.6. The van der Waals surface area contributed by atoms with E-state index in [0.29, 0.717) is 11.7 Å². The van der Waals surface area contributed by atoms with Crippen molar-refractivity contribution >= 4 is 11.4 Å². The molecule has 2 aliphatic heterocycles. The summed E-state index contributed by atoms with van der Waals surface area (Å²) in [4.78, 5) is 6.77. The van der Waals surface area contributed by atoms with Gasteiger partial charge in [-0.05, 0) is 37.5 Å². The first kappa shape index (κ1) is 15.4. The maximum atomic E-state index is 10.6. The van der Waals surface area contributed by atoms with E-state index >= 15 is 0 Å². The molecule has 0 amide bonds. The molecule has 5 heteroatoms. The van der Waals surface area contributed by atoms with Gasteiger partial charge < -0.3 is 20.5 Å². The van der Waals surface area contributed by atoms with Gasteiger partial charge in [-0.2, -0.15) is 0 Å². The van der Waals surface area contributed by atoms with E-state index in [0.717, 1.165) is 60.7 Å². The van der Waals surface area contributed by atoms with Gasteiger partial charge in [0.15, 0.2) is 0 Å². The summed E-state index contributed by atoms with van der Waals surface area (Å²) in [5.41, 5.74) is 11.8. The average molecular weight is 325 g/mol. The number of hydrogen-bond acceptors (Lipinski definition) is 5. The highest BCUT2D eigenvalue weighted by Gasteiger charge is 2.32. The molecule has 1 aromatic heterocycles. The van der Waals surface area contributed by atoms with E-state index < -0.39 is 6.10 Å². The van der Waals surface area contributed by atoms with Gasteiger partial charge in [0.2, 0.25) is 0 Å². The van der Waals surface area contributed by atoms with Crippen molar-refractivity contribution in [1.29, 1.82) is 0 Å². The molecule has 5 nitrogen and oxygen atoms in total. The summed E-state index contributed by atoms with van der Waals surface area (Å²) in [5.74, 6) is 0. The highest BCUT2D eigenvalue weighted by molar-refractivity contribution is 5.75. The molecule has 0 aliphatic carbocycles. The predicted octanol–water partition coefficient (Wildman–Crippen LogP) is 2.67. The molecule has 0 saturated carbocycles. The number of aliphatic hydroxyl groups excluding tert-OH is 1. The van der Waals surface area contributed by atoms with Crippen molar-refractivity contribution in [2.24, 2.45) is 0 Å². The van der Waals surface area contributed by atoms with Gasteiger partial charge in [0.25, 0.3) is 0 Å². The van der Waals surface area contributed by atoms with Gasteiger partial charge in [0.1, 0.15) is 0 Å². The summed E-state index contributed by atoms with van der Waals surface area (Å²) >= 11 is 0. The van der Waals surface area contributed by atoms with Crippen LogP contribution in [0.2, 0.25) is 0 Å². The molecule has 2 aliphatic rings. The number of anilines is 2. The van der Waals surface area contributed by atoms with Crippen molar-refractivity contribution < 1.29 is 9.84 Å². The maximum Gasteiger partial charge on any atom is 0.0829 e. The Hall–Kier alpha value is -2.11. The first-order valence-corrected chi connectivity index (χ1v) is 8.52. The Morgan fingerprint density at radius 3 is 3.04 bits per heavy atom. The van der Waals surface area contributed by atoms with Crippen LogP contribution in [0.4, 0.5) is 11.4 Å². The number of nitrogens with two attached hydrogens (primary N) is 1. The lowest BCUT2D eigenvalue weighted by Crippen LogP contribution is -2.41. The van der Waals surface area contributed by atoms with Crippen molar-refractivity contribution in [3.05, 3.63) is 41.7 Å². The highest BCUT2D eigenvalue weighted by Crippen LogP contribution is 2.41. The molecule has 24 heavy (non-hydrogen) atoms. The summed E-state index contributed by atoms with van der Waals surface area (Å²) in [6, 6.07) is 8.57. The highest BCUT2D eigenvalue weighted by atomic mass is 16.5. The monoisotopic (exact) mass is 325 g/mol. The normalized spacial score (nSPS) is 23.3. The lowest BCUT2D eigenvalue weighted by molar-refractivity contribution is 0.135. The fourth-order valence-electron chi connectivity index (χ4n) is 3.85. The van der Waals surface area contributed by atoms with Crippen LogP contribution in [-0.2, 0) is 4.74 Å². The third-order valence-electron chi connectivity index (χ3n) is 5.13. The van der Waals surface area contributed by atoms with E-state index in [2.05, 4.69) is 22.0 Å². The Morgan fingerprint density at radius 2 is 2.17 bits per heavy atom. The number of aliphatic hydroxyl groups is 1. The minimum atomic E-state index is -0.409. The van der Waals surface area contributed by atoms with Crippen LogP contribution in [0.5, 0.6) is 0 Å². The molecule has 4 rings (SSSR count). The van der Waals surface area contributed by atoms with Crippen LogP contribution in [0.1, 0.15) is 30.2 Å². The molecular weight excluding hydrogens is 302 g/mol. The number of benzene rings is 1. The molecule has 2 aromatic rings. The summed E-state index contributed by atoms with van der Waals surface area (Å²) in [5, 5.41) is 10.6.